The molecule has 0 aliphatic carbocycles. The Morgan fingerprint density at radius 1 is 1.11 bits per heavy atom. The quantitative estimate of drug-likeness (QED) is 0.324. The first kappa shape index (κ1) is 25.9. The Hall–Kier alpha value is -5.18. The molecule has 0 aliphatic rings. The van der Waals surface area contributed by atoms with Gasteiger partial charge in [-0.05, 0) is 24.3 Å². The number of nitrogens with one attached hydrogen (secondary N) is 2. The Morgan fingerprint density at radius 2 is 1.89 bits per heavy atom. The summed E-state index contributed by atoms with van der Waals surface area (Å²) in [5.74, 6) is 0.117. The van der Waals surface area contributed by atoms with Crippen LogP contribution in [0.3, 0.4) is 0 Å². The molecule has 194 valence electrons. The SMILES string of the molecule is COc1cccc(-n2nc(C(C)(C)C)cc2NC(=O)Nc2ccc(Oc3ncnc(N)c3C#N)cc2F)c1. The van der Waals surface area contributed by atoms with Gasteiger partial charge in [0.15, 0.2) is 5.56 Å². The fourth-order valence-electron chi connectivity index (χ4n) is 3.38. The summed E-state index contributed by atoms with van der Waals surface area (Å²) in [5, 5.41) is 19.1. The second-order valence-electron chi connectivity index (χ2n) is 9.15. The van der Waals surface area contributed by atoms with Crippen molar-refractivity contribution in [1.29, 1.82) is 5.26 Å². The van der Waals surface area contributed by atoms with E-state index in [0.29, 0.717) is 17.3 Å². The van der Waals surface area contributed by atoms with Gasteiger partial charge in [-0.15, -0.1) is 0 Å². The maximum absolute atomic E-state index is 14.8. The first-order chi connectivity index (χ1) is 18.1. The highest BCUT2D eigenvalue weighted by Gasteiger charge is 2.22. The molecule has 0 fully saturated rings. The largest absolute Gasteiger partial charge is 0.497 e. The summed E-state index contributed by atoms with van der Waals surface area (Å²) in [6.07, 6.45) is 1.13. The maximum Gasteiger partial charge on any atom is 0.324 e. The molecule has 0 bridgehead atoms. The van der Waals surface area contributed by atoms with E-state index in [1.807, 2.05) is 39.0 Å². The van der Waals surface area contributed by atoms with Gasteiger partial charge in [0.05, 0.1) is 24.2 Å². The number of rotatable bonds is 6. The smallest absolute Gasteiger partial charge is 0.324 e. The van der Waals surface area contributed by atoms with Crippen LogP contribution in [-0.4, -0.2) is 32.9 Å². The van der Waals surface area contributed by atoms with E-state index < -0.39 is 11.8 Å². The number of nitrogen functional groups attached to an aromatic ring is 1. The summed E-state index contributed by atoms with van der Waals surface area (Å²) in [5.41, 5.74) is 6.60. The number of hydrogen-bond acceptors (Lipinski definition) is 8. The number of methoxy groups -OCH3 is 1. The van der Waals surface area contributed by atoms with Crippen molar-refractivity contribution in [1.82, 2.24) is 19.7 Å². The number of carbonyl (C=O) groups excluding carboxylic acids is 1. The summed E-state index contributed by atoms with van der Waals surface area (Å²) in [6.45, 7) is 6.01. The number of benzene rings is 2. The lowest BCUT2D eigenvalue weighted by atomic mass is 9.92. The second-order valence-corrected chi connectivity index (χ2v) is 9.15. The van der Waals surface area contributed by atoms with E-state index in [0.717, 1.165) is 18.1 Å². The highest BCUT2D eigenvalue weighted by molar-refractivity contribution is 5.99. The molecule has 0 saturated heterocycles. The fourth-order valence-corrected chi connectivity index (χ4v) is 3.38. The average Bonchev–Trinajstić information content (AvgIpc) is 3.30. The van der Waals surface area contributed by atoms with Crippen molar-refractivity contribution in [2.24, 2.45) is 0 Å². The van der Waals surface area contributed by atoms with Crippen LogP contribution < -0.4 is 25.8 Å². The van der Waals surface area contributed by atoms with E-state index in [9.17, 15) is 14.4 Å². The van der Waals surface area contributed by atoms with Crippen LogP contribution in [0.1, 0.15) is 32.0 Å². The number of urea groups is 1. The number of amides is 2. The van der Waals surface area contributed by atoms with Crippen LogP contribution in [0.15, 0.2) is 54.9 Å². The van der Waals surface area contributed by atoms with Crippen LogP contribution in [0.25, 0.3) is 5.69 Å². The Morgan fingerprint density at radius 3 is 2.58 bits per heavy atom. The van der Waals surface area contributed by atoms with Gasteiger partial charge in [-0.25, -0.2) is 23.8 Å². The van der Waals surface area contributed by atoms with Crippen LogP contribution in [0.2, 0.25) is 0 Å². The monoisotopic (exact) mass is 516 g/mol. The van der Waals surface area contributed by atoms with E-state index in [4.69, 9.17) is 15.2 Å². The third-order valence-electron chi connectivity index (χ3n) is 5.37. The predicted octanol–water partition coefficient (Wildman–Crippen LogP) is 5.00. The molecule has 4 rings (SSSR count). The zero-order chi connectivity index (χ0) is 27.4. The zero-order valence-electron chi connectivity index (χ0n) is 21.1. The van der Waals surface area contributed by atoms with Crippen LogP contribution in [0.4, 0.5) is 26.5 Å². The van der Waals surface area contributed by atoms with Crippen LogP contribution >= 0.6 is 0 Å². The standard InChI is InChI=1S/C26H25FN8O3/c1-26(2,3)21-12-22(35(34-21)15-6-5-7-16(10-15)37-4)33-25(36)32-20-9-8-17(11-19(20)27)38-24-18(13-28)23(29)30-14-31-24/h5-12,14H,1-4H3,(H2,29,30,31)(H2,32,33,36). The molecule has 0 spiro atoms. The Kier molecular flexibility index (Phi) is 7.11. The number of aromatic nitrogens is 4. The second kappa shape index (κ2) is 10.4. The van der Waals surface area contributed by atoms with Gasteiger partial charge in [-0.3, -0.25) is 5.32 Å². The van der Waals surface area contributed by atoms with Gasteiger partial charge in [0.25, 0.3) is 0 Å². The maximum atomic E-state index is 14.8. The number of nitrogens with zero attached hydrogens (tertiary/aromatic N) is 5. The zero-order valence-corrected chi connectivity index (χ0v) is 21.1. The molecule has 0 saturated carbocycles. The molecule has 4 N–H and O–H groups in total. The van der Waals surface area contributed by atoms with E-state index in [2.05, 4.69) is 25.7 Å². The number of hydrogen-bond donors (Lipinski definition) is 3. The van der Waals surface area contributed by atoms with Gasteiger partial charge in [0.1, 0.15) is 41.3 Å². The van der Waals surface area contributed by atoms with Crippen LogP contribution in [0, 0.1) is 17.1 Å². The van der Waals surface area contributed by atoms with Gasteiger partial charge < -0.3 is 20.5 Å². The summed E-state index contributed by atoms with van der Waals surface area (Å²) in [6, 6.07) is 13.9. The lowest BCUT2D eigenvalue weighted by molar-refractivity contribution is 0.262. The minimum Gasteiger partial charge on any atom is -0.497 e. The highest BCUT2D eigenvalue weighted by Crippen LogP contribution is 2.29. The normalized spacial score (nSPS) is 10.9. The van der Waals surface area contributed by atoms with E-state index in [-0.39, 0.29) is 34.1 Å². The number of nitriles is 1. The number of halogens is 1. The highest BCUT2D eigenvalue weighted by atomic mass is 19.1. The molecule has 11 nitrogen and oxygen atoms in total. The molecule has 0 radical (unpaired) electrons. The van der Waals surface area contributed by atoms with E-state index in [1.54, 1.807) is 30.0 Å². The first-order valence-electron chi connectivity index (χ1n) is 11.4. The minimum atomic E-state index is -0.769. The molecule has 2 amide bonds. The molecule has 4 aromatic rings. The summed E-state index contributed by atoms with van der Waals surface area (Å²) >= 11 is 0. The number of carbonyl (C=O) groups is 1. The lowest BCUT2D eigenvalue weighted by Crippen LogP contribution is -2.22. The third kappa shape index (κ3) is 5.62. The molecule has 38 heavy (non-hydrogen) atoms. The fraction of sp³-hybridized carbons (Fsp3) is 0.192. The summed E-state index contributed by atoms with van der Waals surface area (Å²) < 4.78 is 27.2. The Balaban J connectivity index is 1.54. The minimum absolute atomic E-state index is 0.0500. The van der Waals surface area contributed by atoms with Crippen LogP contribution in [-0.2, 0) is 5.41 Å². The molecular formula is C26H25FN8O3. The van der Waals surface area contributed by atoms with Crippen LogP contribution in [0.5, 0.6) is 17.4 Å². The molecule has 12 heteroatoms. The number of nitrogens with two attached hydrogens (primary N) is 1. The number of ether oxygens (including phenoxy) is 2. The van der Waals surface area contributed by atoms with Crippen molar-refractivity contribution in [3.8, 4) is 29.1 Å². The molecular weight excluding hydrogens is 491 g/mol. The van der Waals surface area contributed by atoms with Crippen molar-refractivity contribution in [2.75, 3.05) is 23.5 Å². The Labute approximate surface area is 218 Å². The van der Waals surface area contributed by atoms with Gasteiger partial charge in [0.2, 0.25) is 5.88 Å². The molecule has 0 atom stereocenters. The lowest BCUT2D eigenvalue weighted by Gasteiger charge is -2.14. The van der Waals surface area contributed by atoms with Gasteiger partial charge >= 0.3 is 6.03 Å². The first-order valence-corrected chi connectivity index (χ1v) is 11.4. The van der Waals surface area contributed by atoms with Crippen molar-refractivity contribution in [3.63, 3.8) is 0 Å². The topological polar surface area (TPSA) is 153 Å². The predicted molar refractivity (Wildman–Crippen MR) is 139 cm³/mol. The summed E-state index contributed by atoms with van der Waals surface area (Å²) in [7, 11) is 1.56. The van der Waals surface area contributed by atoms with E-state index in [1.165, 1.54) is 12.1 Å². The van der Waals surface area contributed by atoms with Crippen molar-refractivity contribution in [2.45, 2.75) is 26.2 Å². The van der Waals surface area contributed by atoms with Gasteiger partial charge in [-0.2, -0.15) is 10.4 Å². The molecule has 0 unspecified atom stereocenters. The van der Waals surface area contributed by atoms with Crippen molar-refractivity contribution >= 4 is 23.4 Å². The van der Waals surface area contributed by atoms with Gasteiger partial charge in [-0.1, -0.05) is 26.8 Å². The number of anilines is 3. The molecule has 2 aromatic heterocycles. The molecule has 2 aromatic carbocycles. The molecule has 0 aliphatic heterocycles. The summed E-state index contributed by atoms with van der Waals surface area (Å²) in [4.78, 5) is 20.4. The van der Waals surface area contributed by atoms with E-state index >= 15 is 0 Å². The third-order valence-corrected chi connectivity index (χ3v) is 5.37. The van der Waals surface area contributed by atoms with Crippen molar-refractivity contribution in [3.05, 3.63) is 71.9 Å². The van der Waals surface area contributed by atoms with Crippen molar-refractivity contribution < 1.29 is 18.7 Å². The average molecular weight is 517 g/mol. The van der Waals surface area contributed by atoms with Gasteiger partial charge in [0, 0.05) is 23.6 Å². The Bertz CT molecular complexity index is 1540. The molecule has 2 heterocycles.